The molecule has 2 fully saturated rings. The molecule has 7 heteroatoms. The summed E-state index contributed by atoms with van der Waals surface area (Å²) in [5, 5.41) is 3.41. The Morgan fingerprint density at radius 1 is 1.30 bits per heavy atom. The van der Waals surface area contributed by atoms with E-state index in [0.717, 1.165) is 24.8 Å². The van der Waals surface area contributed by atoms with Gasteiger partial charge in [-0.05, 0) is 50.3 Å². The molecule has 126 valence electrons. The summed E-state index contributed by atoms with van der Waals surface area (Å²) in [5.74, 6) is -0.283. The molecule has 0 radical (unpaired) electrons. The van der Waals surface area contributed by atoms with Crippen molar-refractivity contribution < 1.29 is 13.2 Å². The molecule has 1 aliphatic heterocycles. The number of carbonyl (C=O) groups excluding carboxylic acids is 1. The smallest absolute Gasteiger partial charge is 0.243 e. The predicted octanol–water partition coefficient (Wildman–Crippen LogP) is 2.33. The number of nitrogens with one attached hydrogen (secondary N) is 1. The van der Waals surface area contributed by atoms with Gasteiger partial charge in [-0.1, -0.05) is 17.7 Å². The van der Waals surface area contributed by atoms with E-state index in [9.17, 15) is 13.2 Å². The summed E-state index contributed by atoms with van der Waals surface area (Å²) < 4.78 is 27.0. The number of hydrogen-bond acceptors (Lipinski definition) is 3. The third kappa shape index (κ3) is 3.70. The van der Waals surface area contributed by atoms with Gasteiger partial charge in [-0.25, -0.2) is 8.42 Å². The van der Waals surface area contributed by atoms with Gasteiger partial charge in [0, 0.05) is 24.2 Å². The minimum Gasteiger partial charge on any atom is -0.353 e. The fourth-order valence-corrected chi connectivity index (χ4v) is 4.60. The van der Waals surface area contributed by atoms with Gasteiger partial charge in [0.15, 0.2) is 0 Å². The van der Waals surface area contributed by atoms with Crippen molar-refractivity contribution in [2.45, 2.75) is 43.5 Å². The van der Waals surface area contributed by atoms with Crippen LogP contribution in [-0.2, 0) is 14.8 Å². The molecule has 1 saturated carbocycles. The summed E-state index contributed by atoms with van der Waals surface area (Å²) in [6.45, 7) is 2.52. The van der Waals surface area contributed by atoms with Crippen molar-refractivity contribution in [3.63, 3.8) is 0 Å². The second kappa shape index (κ2) is 6.42. The Balaban J connectivity index is 1.75. The quantitative estimate of drug-likeness (QED) is 0.900. The van der Waals surface area contributed by atoms with Crippen LogP contribution in [0.25, 0.3) is 0 Å². The van der Waals surface area contributed by atoms with Crippen LogP contribution in [0.4, 0.5) is 0 Å². The van der Waals surface area contributed by atoms with Crippen molar-refractivity contribution in [3.8, 4) is 0 Å². The topological polar surface area (TPSA) is 66.5 Å². The largest absolute Gasteiger partial charge is 0.353 e. The predicted molar refractivity (Wildman–Crippen MR) is 88.8 cm³/mol. The summed E-state index contributed by atoms with van der Waals surface area (Å²) in [4.78, 5) is 12.4. The molecule has 1 aromatic carbocycles. The molecule has 0 spiro atoms. The third-order valence-corrected chi connectivity index (χ3v) is 6.73. The van der Waals surface area contributed by atoms with Crippen LogP contribution >= 0.6 is 11.6 Å². The molecule has 1 N–H and O–H groups in total. The van der Waals surface area contributed by atoms with E-state index in [4.69, 9.17) is 11.6 Å². The second-order valence-corrected chi connectivity index (χ2v) is 8.74. The maximum Gasteiger partial charge on any atom is 0.243 e. The molecule has 1 saturated heterocycles. The number of carbonyl (C=O) groups is 1. The molecule has 3 rings (SSSR count). The van der Waals surface area contributed by atoms with E-state index >= 15 is 0 Å². The van der Waals surface area contributed by atoms with Gasteiger partial charge in [0.1, 0.15) is 0 Å². The lowest BCUT2D eigenvalue weighted by Crippen LogP contribution is -2.45. The number of rotatable bonds is 4. The lowest BCUT2D eigenvalue weighted by Gasteiger charge is -2.31. The highest BCUT2D eigenvalue weighted by Crippen LogP contribution is 2.27. The van der Waals surface area contributed by atoms with Gasteiger partial charge in [0.2, 0.25) is 15.9 Å². The first-order chi connectivity index (χ1) is 10.9. The second-order valence-electron chi connectivity index (χ2n) is 6.40. The zero-order valence-corrected chi connectivity index (χ0v) is 14.7. The highest BCUT2D eigenvalue weighted by atomic mass is 35.5. The van der Waals surface area contributed by atoms with E-state index in [1.54, 1.807) is 12.1 Å². The fraction of sp³-hybridized carbons (Fsp3) is 0.562. The fourth-order valence-electron chi connectivity index (χ4n) is 2.80. The number of hydrogen-bond donors (Lipinski definition) is 1. The van der Waals surface area contributed by atoms with Gasteiger partial charge in [0.05, 0.1) is 10.8 Å². The number of amides is 1. The van der Waals surface area contributed by atoms with E-state index in [2.05, 4.69) is 5.32 Å². The van der Waals surface area contributed by atoms with Crippen LogP contribution in [0.5, 0.6) is 0 Å². The standard InChI is InChI=1S/C16H21ClN2O3S/c1-11-4-7-14(9-15(11)17)23(21,22)19-8-2-3-12(10-19)16(20)18-13-5-6-13/h4,7,9,12-13H,2-3,5-6,8,10H2,1H3,(H,18,20)/t12-/m1/s1. The summed E-state index contributed by atoms with van der Waals surface area (Å²) in [6, 6.07) is 5.06. The van der Waals surface area contributed by atoms with Crippen molar-refractivity contribution in [1.29, 1.82) is 0 Å². The van der Waals surface area contributed by atoms with Gasteiger partial charge in [0.25, 0.3) is 0 Å². The van der Waals surface area contributed by atoms with Crippen molar-refractivity contribution in [1.82, 2.24) is 9.62 Å². The Bertz CT molecular complexity index is 716. The first-order valence-corrected chi connectivity index (χ1v) is 9.76. The van der Waals surface area contributed by atoms with Crippen LogP contribution in [0, 0.1) is 12.8 Å². The molecular weight excluding hydrogens is 336 g/mol. The molecule has 1 heterocycles. The van der Waals surface area contributed by atoms with E-state index in [-0.39, 0.29) is 23.3 Å². The molecule has 5 nitrogen and oxygen atoms in total. The van der Waals surface area contributed by atoms with Crippen molar-refractivity contribution in [2.24, 2.45) is 5.92 Å². The molecular formula is C16H21ClN2O3S. The van der Waals surface area contributed by atoms with Gasteiger partial charge < -0.3 is 5.32 Å². The van der Waals surface area contributed by atoms with Crippen LogP contribution in [0.2, 0.25) is 5.02 Å². The highest BCUT2D eigenvalue weighted by Gasteiger charge is 2.35. The van der Waals surface area contributed by atoms with Crippen LogP contribution in [0.1, 0.15) is 31.2 Å². The molecule has 23 heavy (non-hydrogen) atoms. The monoisotopic (exact) mass is 356 g/mol. The summed E-state index contributed by atoms with van der Waals surface area (Å²) >= 11 is 6.06. The Morgan fingerprint density at radius 3 is 2.70 bits per heavy atom. The lowest BCUT2D eigenvalue weighted by atomic mass is 9.99. The molecule has 0 bridgehead atoms. The zero-order valence-electron chi connectivity index (χ0n) is 13.1. The first-order valence-electron chi connectivity index (χ1n) is 7.94. The number of piperidine rings is 1. The van der Waals surface area contributed by atoms with Gasteiger partial charge in [-0.3, -0.25) is 4.79 Å². The molecule has 1 aliphatic carbocycles. The van der Waals surface area contributed by atoms with Gasteiger partial charge >= 0.3 is 0 Å². The molecule has 1 amide bonds. The van der Waals surface area contributed by atoms with Crippen LogP contribution in [0.15, 0.2) is 23.1 Å². The van der Waals surface area contributed by atoms with Crippen molar-refractivity contribution in [3.05, 3.63) is 28.8 Å². The van der Waals surface area contributed by atoms with Crippen LogP contribution in [0.3, 0.4) is 0 Å². The normalized spacial score (nSPS) is 22.8. The summed E-state index contributed by atoms with van der Waals surface area (Å²) in [5.41, 5.74) is 0.839. The van der Waals surface area contributed by atoms with Crippen LogP contribution in [-0.4, -0.2) is 37.8 Å². The third-order valence-electron chi connectivity index (χ3n) is 4.46. The van der Waals surface area contributed by atoms with Crippen molar-refractivity contribution in [2.75, 3.05) is 13.1 Å². The molecule has 0 unspecified atom stereocenters. The van der Waals surface area contributed by atoms with E-state index in [1.807, 2.05) is 6.92 Å². The van der Waals surface area contributed by atoms with E-state index in [0.29, 0.717) is 24.0 Å². The average Bonchev–Trinajstić information content (AvgIpc) is 3.34. The molecule has 1 aromatic rings. The zero-order chi connectivity index (χ0) is 16.6. The van der Waals surface area contributed by atoms with E-state index in [1.165, 1.54) is 10.4 Å². The Hall–Kier alpha value is -1.11. The maximum absolute atomic E-state index is 12.8. The number of halogens is 1. The highest BCUT2D eigenvalue weighted by molar-refractivity contribution is 7.89. The Morgan fingerprint density at radius 2 is 2.04 bits per heavy atom. The SMILES string of the molecule is Cc1ccc(S(=O)(=O)N2CCC[C@@H](C(=O)NC3CC3)C2)cc1Cl. The summed E-state index contributed by atoms with van der Waals surface area (Å²) in [6.07, 6.45) is 3.49. The van der Waals surface area contributed by atoms with Gasteiger partial charge in [-0.2, -0.15) is 4.31 Å². The number of benzene rings is 1. The van der Waals surface area contributed by atoms with Gasteiger partial charge in [-0.15, -0.1) is 0 Å². The Kier molecular flexibility index (Phi) is 4.67. The maximum atomic E-state index is 12.8. The summed E-state index contributed by atoms with van der Waals surface area (Å²) in [7, 11) is -3.61. The number of nitrogens with zero attached hydrogens (tertiary/aromatic N) is 1. The lowest BCUT2D eigenvalue weighted by molar-refractivity contribution is -0.126. The van der Waals surface area contributed by atoms with E-state index < -0.39 is 10.0 Å². The molecule has 1 atom stereocenters. The van der Waals surface area contributed by atoms with Crippen molar-refractivity contribution >= 4 is 27.5 Å². The number of sulfonamides is 1. The first kappa shape index (κ1) is 16.7. The minimum atomic E-state index is -3.61. The molecule has 2 aliphatic rings. The van der Waals surface area contributed by atoms with Crippen LogP contribution < -0.4 is 5.32 Å². The average molecular weight is 357 g/mol. The Labute approximate surface area is 142 Å². The minimum absolute atomic E-state index is 0.0191. The number of aryl methyl sites for hydroxylation is 1. The molecule has 0 aromatic heterocycles.